The molecule has 0 radical (unpaired) electrons. The van der Waals surface area contributed by atoms with Crippen molar-refractivity contribution < 1.29 is 9.59 Å². The highest BCUT2D eigenvalue weighted by Crippen LogP contribution is 2.83. The molecular weight excluding hydrogens is 414 g/mol. The minimum atomic E-state index is -0.0558. The molecule has 7 nitrogen and oxygen atoms in total. The summed E-state index contributed by atoms with van der Waals surface area (Å²) in [5.74, 6) is 2.79. The summed E-state index contributed by atoms with van der Waals surface area (Å²) in [5, 5.41) is 6.78. The second-order valence-electron chi connectivity index (χ2n) is 12.1. The standard InChI is InChI=1S/C26H31N5O2/c32-23(28-14-25-8-15-6-19(15)26(13-25)10-16(26)9-25)21-2-1-3-22-29-20(12-31(21)22)24(33)30-5-4-17-7-18(30)11-27-17/h1-3,12,15-19,27H,4-11,13-14H2,(H,28,32)/t15?,16?,17-,18+,19?,25?,26?/m1/s1. The van der Waals surface area contributed by atoms with Crippen molar-refractivity contribution in [3.05, 3.63) is 35.8 Å². The number of amides is 2. The van der Waals surface area contributed by atoms with Crippen LogP contribution in [0.25, 0.3) is 5.65 Å². The highest BCUT2D eigenvalue weighted by Gasteiger charge is 2.76. The van der Waals surface area contributed by atoms with Gasteiger partial charge in [0, 0.05) is 37.9 Å². The van der Waals surface area contributed by atoms with Crippen LogP contribution in [-0.2, 0) is 0 Å². The average Bonchev–Trinajstić information content (AvgIpc) is 3.58. The summed E-state index contributed by atoms with van der Waals surface area (Å²) in [6.07, 6.45) is 10.6. The lowest BCUT2D eigenvalue weighted by Gasteiger charge is -2.36. The number of hydrogen-bond donors (Lipinski definition) is 2. The first-order valence-electron chi connectivity index (χ1n) is 12.8. The Bertz CT molecular complexity index is 1200. The average molecular weight is 446 g/mol. The zero-order valence-corrected chi connectivity index (χ0v) is 18.9. The van der Waals surface area contributed by atoms with E-state index in [2.05, 4.69) is 15.6 Å². The van der Waals surface area contributed by atoms with E-state index in [0.717, 1.165) is 50.2 Å². The zero-order chi connectivity index (χ0) is 21.9. The van der Waals surface area contributed by atoms with Crippen molar-refractivity contribution in [1.82, 2.24) is 24.9 Å². The maximum Gasteiger partial charge on any atom is 0.274 e. The summed E-state index contributed by atoms with van der Waals surface area (Å²) in [6.45, 7) is 2.42. The smallest absolute Gasteiger partial charge is 0.274 e. The third-order valence-electron chi connectivity index (χ3n) is 10.2. The number of fused-ring (bicyclic) bond motifs is 5. The molecule has 4 bridgehead atoms. The van der Waals surface area contributed by atoms with Crippen molar-refractivity contribution in [3.63, 3.8) is 0 Å². The number of carbonyl (C=O) groups excluding carboxylic acids is 2. The third-order valence-corrected chi connectivity index (χ3v) is 10.2. The molecule has 4 saturated carbocycles. The molecule has 0 aromatic carbocycles. The molecule has 5 unspecified atom stereocenters. The summed E-state index contributed by atoms with van der Waals surface area (Å²) in [7, 11) is 0. The van der Waals surface area contributed by atoms with E-state index in [4.69, 9.17) is 0 Å². The molecule has 7 heteroatoms. The lowest BCUT2D eigenvalue weighted by Crippen LogP contribution is -2.44. The number of rotatable bonds is 4. The van der Waals surface area contributed by atoms with Crippen molar-refractivity contribution in [1.29, 1.82) is 0 Å². The van der Waals surface area contributed by atoms with Gasteiger partial charge in [0.25, 0.3) is 11.8 Å². The molecule has 2 saturated heterocycles. The molecule has 7 atom stereocenters. The quantitative estimate of drug-likeness (QED) is 0.758. The number of nitrogens with zero attached hydrogens (tertiary/aromatic N) is 3. The lowest BCUT2D eigenvalue weighted by atomic mass is 9.71. The van der Waals surface area contributed by atoms with Crippen LogP contribution in [0.15, 0.2) is 24.4 Å². The van der Waals surface area contributed by atoms with Crippen molar-refractivity contribution in [2.45, 2.75) is 57.0 Å². The molecule has 4 heterocycles. The molecule has 2 amide bonds. The molecule has 33 heavy (non-hydrogen) atoms. The summed E-state index contributed by atoms with van der Waals surface area (Å²) < 4.78 is 1.80. The van der Waals surface area contributed by atoms with E-state index >= 15 is 0 Å². The number of piperidine rings is 1. The van der Waals surface area contributed by atoms with Gasteiger partial charge >= 0.3 is 0 Å². The highest BCUT2D eigenvalue weighted by molar-refractivity contribution is 5.96. The molecule has 2 aromatic heterocycles. The van der Waals surface area contributed by atoms with Crippen molar-refractivity contribution in [2.75, 3.05) is 19.6 Å². The van der Waals surface area contributed by atoms with Gasteiger partial charge in [-0.3, -0.25) is 14.0 Å². The van der Waals surface area contributed by atoms with E-state index in [-0.39, 0.29) is 17.9 Å². The Hall–Kier alpha value is -2.41. The van der Waals surface area contributed by atoms with E-state index in [1.165, 1.54) is 32.1 Å². The van der Waals surface area contributed by atoms with Crippen LogP contribution in [0.3, 0.4) is 0 Å². The largest absolute Gasteiger partial charge is 0.350 e. The van der Waals surface area contributed by atoms with Crippen LogP contribution in [0.5, 0.6) is 0 Å². The van der Waals surface area contributed by atoms with Crippen LogP contribution in [0, 0.1) is 28.6 Å². The second kappa shape index (κ2) is 6.17. The van der Waals surface area contributed by atoms with Crippen LogP contribution < -0.4 is 10.6 Å². The first kappa shape index (κ1) is 19.0. The maximum absolute atomic E-state index is 13.3. The van der Waals surface area contributed by atoms with Gasteiger partial charge in [0.2, 0.25) is 0 Å². The molecule has 1 spiro atoms. The van der Waals surface area contributed by atoms with Gasteiger partial charge < -0.3 is 15.5 Å². The second-order valence-corrected chi connectivity index (χ2v) is 12.1. The summed E-state index contributed by atoms with van der Waals surface area (Å²) in [5.41, 5.74) is 2.64. The summed E-state index contributed by atoms with van der Waals surface area (Å²) in [4.78, 5) is 33.1. The zero-order valence-electron chi connectivity index (χ0n) is 18.9. The number of carbonyl (C=O) groups is 2. The number of nitrogens with one attached hydrogen (secondary N) is 2. The van der Waals surface area contributed by atoms with Crippen LogP contribution in [-0.4, -0.2) is 57.8 Å². The van der Waals surface area contributed by atoms with E-state index in [1.807, 2.05) is 23.1 Å². The third kappa shape index (κ3) is 2.63. The Morgan fingerprint density at radius 1 is 1.21 bits per heavy atom. The first-order valence-corrected chi connectivity index (χ1v) is 12.8. The number of hydrogen-bond acceptors (Lipinski definition) is 4. The molecule has 2 N–H and O–H groups in total. The molecule has 2 aliphatic heterocycles. The van der Waals surface area contributed by atoms with E-state index < -0.39 is 0 Å². The topological polar surface area (TPSA) is 78.7 Å². The predicted octanol–water partition coefficient (Wildman–Crippen LogP) is 2.47. The van der Waals surface area contributed by atoms with Gasteiger partial charge in [-0.15, -0.1) is 0 Å². The number of imidazole rings is 1. The normalized spacial score (nSPS) is 41.6. The van der Waals surface area contributed by atoms with Crippen LogP contribution in [0.1, 0.15) is 65.9 Å². The molecule has 6 fully saturated rings. The Morgan fingerprint density at radius 2 is 2.15 bits per heavy atom. The van der Waals surface area contributed by atoms with E-state index in [0.29, 0.717) is 33.9 Å². The Kier molecular flexibility index (Phi) is 3.55. The molecular formula is C26H31N5O2. The maximum atomic E-state index is 13.3. The van der Waals surface area contributed by atoms with Crippen molar-refractivity contribution >= 4 is 17.5 Å². The molecule has 6 aliphatic rings. The van der Waals surface area contributed by atoms with Gasteiger partial charge in [0.1, 0.15) is 17.0 Å². The van der Waals surface area contributed by atoms with Gasteiger partial charge in [0.05, 0.1) is 0 Å². The highest BCUT2D eigenvalue weighted by atomic mass is 16.2. The van der Waals surface area contributed by atoms with Crippen LogP contribution >= 0.6 is 0 Å². The molecule has 8 rings (SSSR count). The predicted molar refractivity (Wildman–Crippen MR) is 122 cm³/mol. The fourth-order valence-electron chi connectivity index (χ4n) is 8.67. The van der Waals surface area contributed by atoms with Gasteiger partial charge in [-0.2, -0.15) is 0 Å². The van der Waals surface area contributed by atoms with Gasteiger partial charge in [-0.25, -0.2) is 4.98 Å². The SMILES string of the molecule is O=C(NCC12CC3CC3C3(CC3C1)C2)c1cccc2nc(C(=O)N3CC[C@@H]4C[C@H]3CN4)cn12. The van der Waals surface area contributed by atoms with Gasteiger partial charge in [-0.05, 0) is 85.7 Å². The lowest BCUT2D eigenvalue weighted by molar-refractivity contribution is 0.0652. The fourth-order valence-corrected chi connectivity index (χ4v) is 8.67. The number of likely N-dealkylation sites (tertiary alicyclic amines) is 1. The molecule has 4 aliphatic carbocycles. The Labute approximate surface area is 193 Å². The Balaban J connectivity index is 1.03. The minimum Gasteiger partial charge on any atom is -0.350 e. The fraction of sp³-hybridized carbons (Fsp3) is 0.654. The molecule has 172 valence electrons. The number of aromatic nitrogens is 2. The Morgan fingerprint density at radius 3 is 3.09 bits per heavy atom. The number of pyridine rings is 1. The summed E-state index contributed by atoms with van der Waals surface area (Å²) in [6, 6.07) is 6.38. The first-order chi connectivity index (χ1) is 16.0. The van der Waals surface area contributed by atoms with Crippen molar-refractivity contribution in [2.24, 2.45) is 28.6 Å². The van der Waals surface area contributed by atoms with Crippen LogP contribution in [0.2, 0.25) is 0 Å². The van der Waals surface area contributed by atoms with Crippen LogP contribution in [0.4, 0.5) is 0 Å². The van der Waals surface area contributed by atoms with E-state index in [1.54, 1.807) is 10.6 Å². The summed E-state index contributed by atoms with van der Waals surface area (Å²) >= 11 is 0. The van der Waals surface area contributed by atoms with Gasteiger partial charge in [-0.1, -0.05) is 6.07 Å². The molecule has 2 aromatic rings. The minimum absolute atomic E-state index is 0.0206. The van der Waals surface area contributed by atoms with E-state index in [9.17, 15) is 9.59 Å². The van der Waals surface area contributed by atoms with Crippen molar-refractivity contribution in [3.8, 4) is 0 Å². The van der Waals surface area contributed by atoms with Gasteiger partial charge in [0.15, 0.2) is 0 Å². The monoisotopic (exact) mass is 445 g/mol.